The molecule has 5 heteroatoms. The average molecular weight is 482 g/mol. The predicted molar refractivity (Wildman–Crippen MR) is 146 cm³/mol. The van der Waals surface area contributed by atoms with Crippen LogP contribution in [-0.4, -0.2) is 35.0 Å². The van der Waals surface area contributed by atoms with Crippen molar-refractivity contribution in [3.63, 3.8) is 0 Å². The molecule has 36 heavy (non-hydrogen) atoms. The lowest BCUT2D eigenvalue weighted by Gasteiger charge is -2.42. The van der Waals surface area contributed by atoms with E-state index in [-0.39, 0.29) is 17.5 Å². The molecule has 2 aromatic rings. The number of rotatable bonds is 6. The first kappa shape index (κ1) is 24.1. The van der Waals surface area contributed by atoms with Gasteiger partial charge in [-0.3, -0.25) is 9.69 Å². The molecule has 0 N–H and O–H groups in total. The second kappa shape index (κ2) is 10.6. The van der Waals surface area contributed by atoms with Crippen molar-refractivity contribution < 1.29 is 9.53 Å². The van der Waals surface area contributed by atoms with E-state index in [0.29, 0.717) is 18.3 Å². The normalized spacial score (nSPS) is 24.8. The molecule has 1 heterocycles. The third kappa shape index (κ3) is 5.01. The number of anilines is 2. The third-order valence-electron chi connectivity index (χ3n) is 7.30. The first-order valence-corrected chi connectivity index (χ1v) is 13.2. The van der Waals surface area contributed by atoms with Crippen LogP contribution >= 0.6 is 0 Å². The first-order valence-electron chi connectivity index (χ1n) is 13.2. The summed E-state index contributed by atoms with van der Waals surface area (Å²) in [7, 11) is 0. The standard InChI is InChI=1S/C31H35N3O2/c1-3-33-29(35)28(36-30(33)32-25-13-7-4-8-14-25)23-24-19-21-31(2,22-20-24)34(26-15-9-5-10-16-26)27-17-11-6-12-18-27/h5-6,9-12,15-21,23,25H,3-4,7-8,13-14,22H2,1-2H3/b28-23+,32-30+. The van der Waals surface area contributed by atoms with E-state index in [1.807, 2.05) is 25.1 Å². The van der Waals surface area contributed by atoms with Crippen LogP contribution in [0.2, 0.25) is 0 Å². The smallest absolute Gasteiger partial charge is 0.300 e. The Balaban J connectivity index is 1.38. The van der Waals surface area contributed by atoms with Gasteiger partial charge in [-0.25, -0.2) is 4.99 Å². The van der Waals surface area contributed by atoms with Crippen LogP contribution in [0.4, 0.5) is 11.4 Å². The molecule has 1 saturated carbocycles. The molecule has 1 aliphatic heterocycles. The van der Waals surface area contributed by atoms with Gasteiger partial charge in [0.25, 0.3) is 5.91 Å². The van der Waals surface area contributed by atoms with Crippen LogP contribution in [0.3, 0.4) is 0 Å². The molecule has 2 aromatic carbocycles. The maximum atomic E-state index is 13.1. The van der Waals surface area contributed by atoms with Crippen LogP contribution in [0, 0.1) is 0 Å². The Morgan fingerprint density at radius 2 is 1.67 bits per heavy atom. The minimum absolute atomic E-state index is 0.107. The zero-order valence-corrected chi connectivity index (χ0v) is 21.3. The van der Waals surface area contributed by atoms with Crippen molar-refractivity contribution >= 4 is 23.3 Å². The Bertz CT molecular complexity index is 1150. The number of amides is 1. The Morgan fingerprint density at radius 3 is 2.22 bits per heavy atom. The van der Waals surface area contributed by atoms with Gasteiger partial charge in [0.05, 0.1) is 11.6 Å². The molecule has 0 radical (unpaired) electrons. The number of aliphatic imine (C=N–C) groups is 1. The fourth-order valence-corrected chi connectivity index (χ4v) is 5.30. The molecule has 1 amide bonds. The molecule has 186 valence electrons. The van der Waals surface area contributed by atoms with E-state index in [1.54, 1.807) is 4.90 Å². The summed E-state index contributed by atoms with van der Waals surface area (Å²) in [5.41, 5.74) is 3.01. The number of allylic oxidation sites excluding steroid dienone is 3. The maximum absolute atomic E-state index is 13.1. The highest BCUT2D eigenvalue weighted by Gasteiger charge is 2.36. The molecule has 1 saturated heterocycles. The van der Waals surface area contributed by atoms with Crippen molar-refractivity contribution in [3.8, 4) is 0 Å². The van der Waals surface area contributed by atoms with Crippen molar-refractivity contribution in [2.24, 2.45) is 4.99 Å². The summed E-state index contributed by atoms with van der Waals surface area (Å²) in [5, 5.41) is 0. The number of likely N-dealkylation sites (N-methyl/N-ethyl adjacent to an activating group) is 1. The summed E-state index contributed by atoms with van der Waals surface area (Å²) in [4.78, 5) is 21.9. The lowest BCUT2D eigenvalue weighted by atomic mass is 9.87. The zero-order chi connectivity index (χ0) is 25.0. The van der Waals surface area contributed by atoms with Gasteiger partial charge in [-0.15, -0.1) is 0 Å². The fraction of sp³-hybridized carbons (Fsp3) is 0.355. The van der Waals surface area contributed by atoms with Gasteiger partial charge < -0.3 is 9.64 Å². The Kier molecular flexibility index (Phi) is 7.08. The molecular weight excluding hydrogens is 446 g/mol. The monoisotopic (exact) mass is 481 g/mol. The number of nitrogens with zero attached hydrogens (tertiary/aromatic N) is 3. The van der Waals surface area contributed by atoms with Gasteiger partial charge in [-0.1, -0.05) is 73.9 Å². The Morgan fingerprint density at radius 1 is 1.03 bits per heavy atom. The summed E-state index contributed by atoms with van der Waals surface area (Å²) in [6.45, 7) is 4.76. The lowest BCUT2D eigenvalue weighted by Crippen LogP contribution is -2.42. The largest absolute Gasteiger partial charge is 0.420 e. The van der Waals surface area contributed by atoms with E-state index in [0.717, 1.165) is 36.2 Å². The SMILES string of the molecule is CCN1C(=O)/C(=C\C2=CCC(C)(N(c3ccccc3)c3ccccc3)C=C2)O/C1=N/C1CCCCC1. The first-order chi connectivity index (χ1) is 17.6. The highest BCUT2D eigenvalue weighted by molar-refractivity contribution is 6.09. The van der Waals surface area contributed by atoms with Gasteiger partial charge in [0.15, 0.2) is 5.76 Å². The second-order valence-corrected chi connectivity index (χ2v) is 9.97. The van der Waals surface area contributed by atoms with E-state index in [9.17, 15) is 4.79 Å². The molecule has 3 aliphatic rings. The number of benzene rings is 2. The topological polar surface area (TPSA) is 45.1 Å². The van der Waals surface area contributed by atoms with E-state index in [4.69, 9.17) is 9.73 Å². The molecule has 0 aromatic heterocycles. The molecule has 0 bridgehead atoms. The minimum Gasteiger partial charge on any atom is -0.420 e. The Labute approximate surface area is 214 Å². The van der Waals surface area contributed by atoms with Crippen LogP contribution in [0.25, 0.3) is 0 Å². The van der Waals surface area contributed by atoms with Crippen LogP contribution in [0.5, 0.6) is 0 Å². The highest BCUT2D eigenvalue weighted by Crippen LogP contribution is 2.38. The van der Waals surface area contributed by atoms with Crippen molar-refractivity contribution in [2.75, 3.05) is 11.4 Å². The fourth-order valence-electron chi connectivity index (χ4n) is 5.30. The number of carbonyl (C=O) groups is 1. The van der Waals surface area contributed by atoms with Gasteiger partial charge in [0.2, 0.25) is 0 Å². The molecule has 0 spiro atoms. The van der Waals surface area contributed by atoms with E-state index < -0.39 is 0 Å². The summed E-state index contributed by atoms with van der Waals surface area (Å²) in [5.74, 6) is 0.249. The van der Waals surface area contributed by atoms with Crippen LogP contribution in [-0.2, 0) is 9.53 Å². The summed E-state index contributed by atoms with van der Waals surface area (Å²) < 4.78 is 6.02. The predicted octanol–water partition coefficient (Wildman–Crippen LogP) is 6.92. The number of hydrogen-bond acceptors (Lipinski definition) is 4. The van der Waals surface area contributed by atoms with Gasteiger partial charge in [-0.2, -0.15) is 0 Å². The molecule has 2 fully saturated rings. The molecule has 5 nitrogen and oxygen atoms in total. The molecule has 5 rings (SSSR count). The van der Waals surface area contributed by atoms with Crippen LogP contribution in [0.15, 0.2) is 101 Å². The number of amidine groups is 1. The average Bonchev–Trinajstić information content (AvgIpc) is 3.20. The number of carbonyl (C=O) groups excluding carboxylic acids is 1. The minimum atomic E-state index is -0.256. The lowest BCUT2D eigenvalue weighted by molar-refractivity contribution is -0.122. The van der Waals surface area contributed by atoms with Crippen molar-refractivity contribution in [1.82, 2.24) is 4.90 Å². The van der Waals surface area contributed by atoms with Gasteiger partial charge in [-0.05, 0) is 69.0 Å². The number of ether oxygens (including phenoxy) is 1. The number of hydrogen-bond donors (Lipinski definition) is 0. The van der Waals surface area contributed by atoms with Crippen molar-refractivity contribution in [1.29, 1.82) is 0 Å². The van der Waals surface area contributed by atoms with E-state index in [2.05, 4.69) is 78.6 Å². The van der Waals surface area contributed by atoms with Crippen LogP contribution in [0.1, 0.15) is 52.4 Å². The van der Waals surface area contributed by atoms with Gasteiger partial charge in [0, 0.05) is 17.9 Å². The zero-order valence-electron chi connectivity index (χ0n) is 21.3. The van der Waals surface area contributed by atoms with Gasteiger partial charge >= 0.3 is 6.02 Å². The Hall–Kier alpha value is -3.60. The third-order valence-corrected chi connectivity index (χ3v) is 7.30. The second-order valence-electron chi connectivity index (χ2n) is 9.97. The molecular formula is C31H35N3O2. The van der Waals surface area contributed by atoms with E-state index in [1.165, 1.54) is 19.3 Å². The molecule has 1 atom stereocenters. The quantitative estimate of drug-likeness (QED) is 0.421. The maximum Gasteiger partial charge on any atom is 0.300 e. The van der Waals surface area contributed by atoms with Crippen molar-refractivity contribution in [3.05, 3.63) is 96.3 Å². The molecule has 2 aliphatic carbocycles. The summed E-state index contributed by atoms with van der Waals surface area (Å²) >= 11 is 0. The summed E-state index contributed by atoms with van der Waals surface area (Å²) in [6, 6.07) is 21.7. The summed E-state index contributed by atoms with van der Waals surface area (Å²) in [6.07, 6.45) is 15.0. The van der Waals surface area contributed by atoms with E-state index >= 15 is 0 Å². The van der Waals surface area contributed by atoms with Crippen LogP contribution < -0.4 is 4.90 Å². The van der Waals surface area contributed by atoms with Gasteiger partial charge in [0.1, 0.15) is 0 Å². The molecule has 1 unspecified atom stereocenters. The number of para-hydroxylation sites is 2. The van der Waals surface area contributed by atoms with Crippen molar-refractivity contribution in [2.45, 2.75) is 64.0 Å². The highest BCUT2D eigenvalue weighted by atomic mass is 16.5.